The summed E-state index contributed by atoms with van der Waals surface area (Å²) in [6.07, 6.45) is 1.38. The minimum absolute atomic E-state index is 0.307. The number of ether oxygens (including phenoxy) is 2. The van der Waals surface area contributed by atoms with E-state index in [1.807, 2.05) is 0 Å². The Morgan fingerprint density at radius 2 is 2.05 bits per heavy atom. The molecule has 0 fully saturated rings. The highest BCUT2D eigenvalue weighted by Gasteiger charge is 2.03. The van der Waals surface area contributed by atoms with Gasteiger partial charge in [0.25, 0.3) is 0 Å². The number of aromatic nitrogens is 2. The zero-order valence-corrected chi connectivity index (χ0v) is 12.1. The van der Waals surface area contributed by atoms with Crippen LogP contribution in [-0.2, 0) is 9.53 Å². The number of thioether (sulfide) groups is 1. The van der Waals surface area contributed by atoms with Crippen molar-refractivity contribution in [2.45, 2.75) is 11.9 Å². The molecule has 0 atom stereocenters. The van der Waals surface area contributed by atoms with Gasteiger partial charge in [0.2, 0.25) is 5.88 Å². The molecule has 0 bridgehead atoms. The van der Waals surface area contributed by atoms with Crippen LogP contribution in [-0.4, -0.2) is 28.3 Å². The lowest BCUT2D eigenvalue weighted by Gasteiger charge is -2.06. The van der Waals surface area contributed by atoms with Crippen molar-refractivity contribution >= 4 is 17.7 Å². The first-order valence-electron chi connectivity index (χ1n) is 6.15. The van der Waals surface area contributed by atoms with Gasteiger partial charge < -0.3 is 9.47 Å². The molecule has 0 saturated heterocycles. The topological polar surface area (TPSA) is 61.3 Å². The fourth-order valence-electron chi connectivity index (χ4n) is 1.41. The highest BCUT2D eigenvalue weighted by atomic mass is 32.2. The van der Waals surface area contributed by atoms with E-state index in [2.05, 4.69) is 9.97 Å². The van der Waals surface area contributed by atoms with Crippen LogP contribution in [0.15, 0.2) is 41.7 Å². The van der Waals surface area contributed by atoms with Gasteiger partial charge >= 0.3 is 5.97 Å². The summed E-state index contributed by atoms with van der Waals surface area (Å²) in [5.41, 5.74) is 0. The van der Waals surface area contributed by atoms with Crippen LogP contribution in [0.5, 0.6) is 11.6 Å². The van der Waals surface area contributed by atoms with Crippen LogP contribution in [0.1, 0.15) is 6.92 Å². The molecule has 1 aromatic heterocycles. The smallest absolute Gasteiger partial charge is 0.302 e. The molecule has 2 aromatic rings. The van der Waals surface area contributed by atoms with Gasteiger partial charge in [-0.3, -0.25) is 4.79 Å². The third-order valence-corrected chi connectivity index (χ3v) is 3.18. The fourth-order valence-corrected chi connectivity index (χ4v) is 2.09. The van der Waals surface area contributed by atoms with E-state index in [1.165, 1.54) is 49.3 Å². The Hall–Kier alpha value is -2.15. The number of rotatable bonds is 6. The van der Waals surface area contributed by atoms with E-state index < -0.39 is 0 Å². The summed E-state index contributed by atoms with van der Waals surface area (Å²) >= 11 is 1.42. The van der Waals surface area contributed by atoms with Gasteiger partial charge in [-0.25, -0.2) is 14.4 Å². The SMILES string of the molecule is CC(=O)OCCSc1cc(Oc2ccc(F)cc2)ncn1. The maximum atomic E-state index is 12.8. The maximum Gasteiger partial charge on any atom is 0.302 e. The number of esters is 1. The van der Waals surface area contributed by atoms with E-state index in [-0.39, 0.29) is 11.8 Å². The Morgan fingerprint density at radius 3 is 2.76 bits per heavy atom. The summed E-state index contributed by atoms with van der Waals surface area (Å²) < 4.78 is 23.1. The first kappa shape index (κ1) is 15.2. The van der Waals surface area contributed by atoms with Gasteiger partial charge in [0, 0.05) is 18.7 Å². The first-order valence-corrected chi connectivity index (χ1v) is 7.13. The average Bonchev–Trinajstić information content (AvgIpc) is 2.46. The van der Waals surface area contributed by atoms with Crippen LogP contribution in [0.4, 0.5) is 4.39 Å². The second-order valence-corrected chi connectivity index (χ2v) is 5.05. The molecule has 0 saturated carbocycles. The van der Waals surface area contributed by atoms with Crippen molar-refractivity contribution in [3.63, 3.8) is 0 Å². The lowest BCUT2D eigenvalue weighted by Crippen LogP contribution is -2.02. The van der Waals surface area contributed by atoms with Gasteiger partial charge in [-0.05, 0) is 24.3 Å². The van der Waals surface area contributed by atoms with Crippen LogP contribution < -0.4 is 4.74 Å². The zero-order valence-electron chi connectivity index (χ0n) is 11.3. The normalized spacial score (nSPS) is 10.2. The van der Waals surface area contributed by atoms with E-state index in [0.29, 0.717) is 29.0 Å². The Balaban J connectivity index is 1.91. The predicted octanol–water partition coefficient (Wildman–Crippen LogP) is 3.06. The first-order chi connectivity index (χ1) is 10.1. The molecule has 21 heavy (non-hydrogen) atoms. The molecular weight excluding hydrogens is 295 g/mol. The third-order valence-electron chi connectivity index (χ3n) is 2.29. The Bertz CT molecular complexity index is 607. The summed E-state index contributed by atoms with van der Waals surface area (Å²) in [7, 11) is 0. The number of halogens is 1. The number of hydrogen-bond acceptors (Lipinski definition) is 6. The van der Waals surface area contributed by atoms with Crippen LogP contribution in [0, 0.1) is 5.82 Å². The summed E-state index contributed by atoms with van der Waals surface area (Å²) in [4.78, 5) is 18.7. The molecule has 1 aromatic carbocycles. The van der Waals surface area contributed by atoms with Crippen LogP contribution >= 0.6 is 11.8 Å². The van der Waals surface area contributed by atoms with Crippen LogP contribution in [0.2, 0.25) is 0 Å². The summed E-state index contributed by atoms with van der Waals surface area (Å²) in [5.74, 6) is 0.815. The Labute approximate surface area is 125 Å². The third kappa shape index (κ3) is 5.39. The quantitative estimate of drug-likeness (QED) is 0.354. The number of hydrogen-bond donors (Lipinski definition) is 0. The van der Waals surface area contributed by atoms with Gasteiger partial charge in [0.05, 0.1) is 0 Å². The molecule has 0 N–H and O–H groups in total. The zero-order chi connectivity index (χ0) is 15.1. The van der Waals surface area contributed by atoms with Gasteiger partial charge in [-0.15, -0.1) is 11.8 Å². The summed E-state index contributed by atoms with van der Waals surface area (Å²) in [5, 5.41) is 0.703. The fraction of sp³-hybridized carbons (Fsp3) is 0.214. The number of benzene rings is 1. The molecule has 0 amide bonds. The molecule has 0 aliphatic rings. The summed E-state index contributed by atoms with van der Waals surface area (Å²) in [6, 6.07) is 7.33. The Morgan fingerprint density at radius 1 is 1.29 bits per heavy atom. The van der Waals surface area contributed by atoms with Crippen molar-refractivity contribution < 1.29 is 18.7 Å². The standard InChI is InChI=1S/C14H13FN2O3S/c1-10(18)19-6-7-21-14-8-13(16-9-17-14)20-12-4-2-11(15)3-5-12/h2-5,8-9H,6-7H2,1H3. The molecule has 0 spiro atoms. The molecule has 1 heterocycles. The highest BCUT2D eigenvalue weighted by Crippen LogP contribution is 2.23. The molecule has 7 heteroatoms. The molecule has 2 rings (SSSR count). The number of nitrogens with zero attached hydrogens (tertiary/aromatic N) is 2. The number of carbonyl (C=O) groups excluding carboxylic acids is 1. The minimum Gasteiger partial charge on any atom is -0.465 e. The van der Waals surface area contributed by atoms with Crippen molar-refractivity contribution in [3.8, 4) is 11.6 Å². The van der Waals surface area contributed by atoms with E-state index >= 15 is 0 Å². The van der Waals surface area contributed by atoms with Gasteiger partial charge in [0.1, 0.15) is 29.5 Å². The van der Waals surface area contributed by atoms with Gasteiger partial charge in [0.15, 0.2) is 0 Å². The minimum atomic E-state index is -0.327. The lowest BCUT2D eigenvalue weighted by molar-refractivity contribution is -0.140. The number of carbonyl (C=O) groups is 1. The molecule has 110 valence electrons. The van der Waals surface area contributed by atoms with Crippen LogP contribution in [0.25, 0.3) is 0 Å². The molecule has 5 nitrogen and oxygen atoms in total. The monoisotopic (exact) mass is 308 g/mol. The summed E-state index contributed by atoms with van der Waals surface area (Å²) in [6.45, 7) is 1.68. The van der Waals surface area contributed by atoms with Crippen molar-refractivity contribution in [1.82, 2.24) is 9.97 Å². The van der Waals surface area contributed by atoms with Crippen molar-refractivity contribution in [2.24, 2.45) is 0 Å². The second-order valence-electron chi connectivity index (χ2n) is 3.94. The van der Waals surface area contributed by atoms with Gasteiger partial charge in [-0.2, -0.15) is 0 Å². The van der Waals surface area contributed by atoms with Crippen LogP contribution in [0.3, 0.4) is 0 Å². The van der Waals surface area contributed by atoms with E-state index in [1.54, 1.807) is 6.07 Å². The molecule has 0 aliphatic carbocycles. The highest BCUT2D eigenvalue weighted by molar-refractivity contribution is 7.99. The van der Waals surface area contributed by atoms with Crippen molar-refractivity contribution in [3.05, 3.63) is 42.5 Å². The molecule has 0 unspecified atom stereocenters. The predicted molar refractivity (Wildman–Crippen MR) is 75.9 cm³/mol. The molecule has 0 radical (unpaired) electrons. The average molecular weight is 308 g/mol. The lowest BCUT2D eigenvalue weighted by atomic mass is 10.3. The van der Waals surface area contributed by atoms with E-state index in [9.17, 15) is 9.18 Å². The second kappa shape index (κ2) is 7.58. The van der Waals surface area contributed by atoms with E-state index in [4.69, 9.17) is 9.47 Å². The van der Waals surface area contributed by atoms with Crippen molar-refractivity contribution in [2.75, 3.05) is 12.4 Å². The maximum absolute atomic E-state index is 12.8. The largest absolute Gasteiger partial charge is 0.465 e. The van der Waals surface area contributed by atoms with Gasteiger partial charge in [-0.1, -0.05) is 0 Å². The van der Waals surface area contributed by atoms with E-state index in [0.717, 1.165) is 0 Å². The molecular formula is C14H13FN2O3S. The Kier molecular flexibility index (Phi) is 5.51. The van der Waals surface area contributed by atoms with Crippen molar-refractivity contribution in [1.29, 1.82) is 0 Å². The molecule has 0 aliphatic heterocycles.